The largest absolute Gasteiger partial charge is 0.497 e. The minimum Gasteiger partial charge on any atom is -0.497 e. The van der Waals surface area contributed by atoms with E-state index < -0.39 is 11.8 Å². The van der Waals surface area contributed by atoms with Crippen molar-refractivity contribution in [1.82, 2.24) is 10.9 Å². The van der Waals surface area contributed by atoms with E-state index in [-0.39, 0.29) is 6.10 Å². The molecule has 0 fully saturated rings. The van der Waals surface area contributed by atoms with Crippen LogP contribution in [0.25, 0.3) is 6.08 Å². The van der Waals surface area contributed by atoms with Gasteiger partial charge in [-0.25, -0.2) is 0 Å². The minimum absolute atomic E-state index is 0.0334. The molecule has 0 aromatic heterocycles. The second-order valence-electron chi connectivity index (χ2n) is 6.42. The van der Waals surface area contributed by atoms with E-state index in [1.807, 2.05) is 13.8 Å². The summed E-state index contributed by atoms with van der Waals surface area (Å²) < 4.78 is 21.3. The Balaban J connectivity index is 1.99. The summed E-state index contributed by atoms with van der Waals surface area (Å²) in [5, 5.41) is 0. The van der Waals surface area contributed by atoms with Crippen LogP contribution in [-0.2, 0) is 4.79 Å². The van der Waals surface area contributed by atoms with Gasteiger partial charge in [0, 0.05) is 23.3 Å². The smallest absolute Gasteiger partial charge is 0.269 e. The first-order chi connectivity index (χ1) is 14.4. The number of benzene rings is 2. The fourth-order valence-electron chi connectivity index (χ4n) is 2.51. The van der Waals surface area contributed by atoms with Gasteiger partial charge < -0.3 is 18.9 Å². The third-order valence-corrected chi connectivity index (χ3v) is 3.94. The van der Waals surface area contributed by atoms with Crippen LogP contribution in [0.4, 0.5) is 0 Å². The van der Waals surface area contributed by atoms with Gasteiger partial charge in [-0.1, -0.05) is 0 Å². The highest BCUT2D eigenvalue weighted by atomic mass is 16.5. The molecule has 0 atom stereocenters. The van der Waals surface area contributed by atoms with Gasteiger partial charge in [0.25, 0.3) is 11.8 Å². The number of methoxy groups -OCH3 is 3. The van der Waals surface area contributed by atoms with Crippen molar-refractivity contribution in [3.8, 4) is 23.0 Å². The summed E-state index contributed by atoms with van der Waals surface area (Å²) in [6.45, 7) is 3.79. The van der Waals surface area contributed by atoms with E-state index in [0.29, 0.717) is 34.1 Å². The Bertz CT molecular complexity index is 924. The van der Waals surface area contributed by atoms with Gasteiger partial charge in [0.2, 0.25) is 0 Å². The van der Waals surface area contributed by atoms with E-state index in [2.05, 4.69) is 10.9 Å². The van der Waals surface area contributed by atoms with Crippen LogP contribution in [0.1, 0.15) is 29.8 Å². The monoisotopic (exact) mass is 414 g/mol. The van der Waals surface area contributed by atoms with Crippen molar-refractivity contribution in [3.05, 3.63) is 53.6 Å². The molecule has 160 valence electrons. The number of amides is 2. The zero-order valence-electron chi connectivity index (χ0n) is 17.6. The second-order valence-corrected chi connectivity index (χ2v) is 6.42. The highest BCUT2D eigenvalue weighted by molar-refractivity contribution is 5.98. The molecule has 0 aliphatic rings. The number of carbonyl (C=O) groups is 2. The zero-order valence-corrected chi connectivity index (χ0v) is 17.6. The van der Waals surface area contributed by atoms with Crippen LogP contribution in [0, 0.1) is 0 Å². The first-order valence-corrected chi connectivity index (χ1v) is 9.23. The molecule has 0 aliphatic carbocycles. The van der Waals surface area contributed by atoms with Crippen molar-refractivity contribution in [1.29, 1.82) is 0 Å². The first-order valence-electron chi connectivity index (χ1n) is 9.23. The predicted molar refractivity (Wildman–Crippen MR) is 113 cm³/mol. The number of ether oxygens (including phenoxy) is 4. The highest BCUT2D eigenvalue weighted by Crippen LogP contribution is 2.29. The summed E-state index contributed by atoms with van der Waals surface area (Å²) in [6, 6.07) is 9.98. The zero-order chi connectivity index (χ0) is 22.1. The van der Waals surface area contributed by atoms with Gasteiger partial charge in [0.1, 0.15) is 11.5 Å². The van der Waals surface area contributed by atoms with E-state index in [1.165, 1.54) is 26.4 Å². The van der Waals surface area contributed by atoms with Crippen molar-refractivity contribution >= 4 is 17.9 Å². The van der Waals surface area contributed by atoms with Crippen LogP contribution in [0.3, 0.4) is 0 Å². The number of carbonyl (C=O) groups excluding carboxylic acids is 2. The summed E-state index contributed by atoms with van der Waals surface area (Å²) in [5.74, 6) is 1.15. The molecule has 0 bridgehead atoms. The first kappa shape index (κ1) is 22.6. The Labute approximate surface area is 175 Å². The molecule has 8 nitrogen and oxygen atoms in total. The van der Waals surface area contributed by atoms with E-state index >= 15 is 0 Å². The van der Waals surface area contributed by atoms with Gasteiger partial charge in [-0.05, 0) is 50.3 Å². The maximum atomic E-state index is 12.3. The standard InChI is InChI=1S/C22H26N2O6/c1-14(2)30-18-10-7-16(12-20(18)29-5)22(26)24-23-21(25)11-8-15-6-9-17(27-3)13-19(15)28-4/h6-14H,1-5H3,(H,23,25)(H,24,26)/b11-8+. The lowest BCUT2D eigenvalue weighted by Gasteiger charge is -2.14. The molecule has 2 aromatic rings. The molecular formula is C22H26N2O6. The molecule has 0 saturated carbocycles. The normalized spacial score (nSPS) is 10.6. The topological polar surface area (TPSA) is 95.1 Å². The quantitative estimate of drug-likeness (QED) is 0.509. The molecule has 2 amide bonds. The number of hydrogen-bond acceptors (Lipinski definition) is 6. The van der Waals surface area contributed by atoms with E-state index in [4.69, 9.17) is 18.9 Å². The molecule has 2 rings (SSSR count). The summed E-state index contributed by atoms with van der Waals surface area (Å²) in [4.78, 5) is 24.4. The molecular weight excluding hydrogens is 388 g/mol. The Morgan fingerprint density at radius 2 is 1.60 bits per heavy atom. The molecule has 30 heavy (non-hydrogen) atoms. The van der Waals surface area contributed by atoms with Crippen LogP contribution in [0.2, 0.25) is 0 Å². The lowest BCUT2D eigenvalue weighted by atomic mass is 10.1. The predicted octanol–water partition coefficient (Wildman–Crippen LogP) is 2.97. The van der Waals surface area contributed by atoms with E-state index in [1.54, 1.807) is 43.5 Å². The second kappa shape index (κ2) is 10.8. The van der Waals surface area contributed by atoms with Crippen molar-refractivity contribution < 1.29 is 28.5 Å². The fourth-order valence-corrected chi connectivity index (χ4v) is 2.51. The Morgan fingerprint density at radius 3 is 2.23 bits per heavy atom. The van der Waals surface area contributed by atoms with Crippen LogP contribution in [0.15, 0.2) is 42.5 Å². The third kappa shape index (κ3) is 6.16. The molecule has 0 aliphatic heterocycles. The van der Waals surface area contributed by atoms with Crippen LogP contribution < -0.4 is 29.8 Å². The van der Waals surface area contributed by atoms with Crippen molar-refractivity contribution in [2.24, 2.45) is 0 Å². The number of rotatable bonds is 8. The maximum absolute atomic E-state index is 12.3. The summed E-state index contributed by atoms with van der Waals surface area (Å²) >= 11 is 0. The van der Waals surface area contributed by atoms with Gasteiger partial charge >= 0.3 is 0 Å². The average molecular weight is 414 g/mol. The van der Waals surface area contributed by atoms with Gasteiger partial charge in [0.15, 0.2) is 11.5 Å². The van der Waals surface area contributed by atoms with Crippen molar-refractivity contribution in [3.63, 3.8) is 0 Å². The summed E-state index contributed by atoms with van der Waals surface area (Å²) in [7, 11) is 4.57. The Morgan fingerprint density at radius 1 is 0.867 bits per heavy atom. The van der Waals surface area contributed by atoms with Gasteiger partial charge in [-0.3, -0.25) is 20.4 Å². The Hall–Kier alpha value is -3.68. The van der Waals surface area contributed by atoms with Crippen molar-refractivity contribution in [2.45, 2.75) is 20.0 Å². The Kier molecular flexibility index (Phi) is 8.10. The lowest BCUT2D eigenvalue weighted by molar-refractivity contribution is -0.117. The average Bonchev–Trinajstić information content (AvgIpc) is 2.75. The molecule has 2 N–H and O–H groups in total. The number of nitrogens with one attached hydrogen (secondary N) is 2. The summed E-state index contributed by atoms with van der Waals surface area (Å²) in [6.07, 6.45) is 2.82. The number of hydrazine groups is 1. The van der Waals surface area contributed by atoms with Crippen LogP contribution >= 0.6 is 0 Å². The molecule has 0 radical (unpaired) electrons. The van der Waals surface area contributed by atoms with E-state index in [0.717, 1.165) is 0 Å². The fraction of sp³-hybridized carbons (Fsp3) is 0.273. The third-order valence-electron chi connectivity index (χ3n) is 3.94. The molecule has 0 heterocycles. The SMILES string of the molecule is COc1ccc(/C=C/C(=O)NNC(=O)c2ccc(OC(C)C)c(OC)c2)c(OC)c1. The molecule has 0 spiro atoms. The molecule has 0 saturated heterocycles. The van der Waals surface area contributed by atoms with Crippen LogP contribution in [0.5, 0.6) is 23.0 Å². The minimum atomic E-state index is -0.507. The summed E-state index contributed by atoms with van der Waals surface area (Å²) in [5.41, 5.74) is 5.68. The van der Waals surface area contributed by atoms with Gasteiger partial charge in [-0.2, -0.15) is 0 Å². The molecule has 2 aromatic carbocycles. The van der Waals surface area contributed by atoms with Crippen molar-refractivity contribution in [2.75, 3.05) is 21.3 Å². The van der Waals surface area contributed by atoms with Gasteiger partial charge in [0.05, 0.1) is 27.4 Å². The van der Waals surface area contributed by atoms with Crippen LogP contribution in [-0.4, -0.2) is 39.2 Å². The number of hydrogen-bond donors (Lipinski definition) is 2. The molecule has 8 heteroatoms. The highest BCUT2D eigenvalue weighted by Gasteiger charge is 2.12. The van der Waals surface area contributed by atoms with E-state index in [9.17, 15) is 9.59 Å². The maximum Gasteiger partial charge on any atom is 0.269 e. The molecule has 0 unspecified atom stereocenters. The lowest BCUT2D eigenvalue weighted by Crippen LogP contribution is -2.40. The van der Waals surface area contributed by atoms with Gasteiger partial charge in [-0.15, -0.1) is 0 Å².